The summed E-state index contributed by atoms with van der Waals surface area (Å²) in [5.74, 6) is 2.18. The maximum absolute atomic E-state index is 13.0. The van der Waals surface area contributed by atoms with Gasteiger partial charge in [-0.05, 0) is 30.5 Å². The van der Waals surface area contributed by atoms with Crippen LogP contribution in [0, 0.1) is 0 Å². The second-order valence-electron chi connectivity index (χ2n) is 7.48. The first-order valence-corrected chi connectivity index (χ1v) is 11.5. The number of methoxy groups -OCH3 is 1. The molecule has 0 fully saturated rings. The summed E-state index contributed by atoms with van der Waals surface area (Å²) >= 11 is 7.82. The van der Waals surface area contributed by atoms with E-state index in [4.69, 9.17) is 26.4 Å². The number of para-hydroxylation sites is 1. The number of rotatable bonds is 5. The van der Waals surface area contributed by atoms with E-state index >= 15 is 0 Å². The second-order valence-corrected chi connectivity index (χ2v) is 8.83. The number of nitrogens with one attached hydrogen (secondary N) is 1. The van der Waals surface area contributed by atoms with E-state index in [2.05, 4.69) is 5.32 Å². The first-order valence-electron chi connectivity index (χ1n) is 10.1. The zero-order chi connectivity index (χ0) is 21.4. The lowest BCUT2D eigenvalue weighted by molar-refractivity contribution is -0.116. The molecule has 2 aromatic carbocycles. The molecule has 0 amide bonds. The standard InChI is InChI=1S/C23H21ClN4O2S/c1-30-19-12-5-3-8-15(19)21-20-17(10-6-11-18(20)29)25-22-26-23(27-28(21)22)31-13-14-7-2-4-9-16(14)24/h2-5,7-9,12,21H,6,10-11,13H2,1H3,(H,25,26,27). The first kappa shape index (κ1) is 20.2. The van der Waals surface area contributed by atoms with Gasteiger partial charge in [-0.2, -0.15) is 4.98 Å². The summed E-state index contributed by atoms with van der Waals surface area (Å²) in [6.07, 6.45) is 2.21. The van der Waals surface area contributed by atoms with Crippen LogP contribution >= 0.6 is 23.4 Å². The minimum Gasteiger partial charge on any atom is -0.496 e. The predicted molar refractivity (Wildman–Crippen MR) is 122 cm³/mol. The summed E-state index contributed by atoms with van der Waals surface area (Å²) in [5.41, 5.74) is 3.64. The van der Waals surface area contributed by atoms with Gasteiger partial charge in [-0.25, -0.2) is 4.68 Å². The van der Waals surface area contributed by atoms with E-state index < -0.39 is 0 Å². The van der Waals surface area contributed by atoms with E-state index in [1.54, 1.807) is 7.11 Å². The average Bonchev–Trinajstić information content (AvgIpc) is 3.20. The van der Waals surface area contributed by atoms with Crippen LogP contribution in [0.2, 0.25) is 5.02 Å². The smallest absolute Gasteiger partial charge is 0.227 e. The van der Waals surface area contributed by atoms with Crippen LogP contribution in [0.3, 0.4) is 0 Å². The maximum Gasteiger partial charge on any atom is 0.227 e. The van der Waals surface area contributed by atoms with Crippen LogP contribution in [0.4, 0.5) is 5.95 Å². The number of aromatic nitrogens is 3. The van der Waals surface area contributed by atoms with E-state index in [-0.39, 0.29) is 11.8 Å². The van der Waals surface area contributed by atoms with Crippen molar-refractivity contribution in [1.29, 1.82) is 0 Å². The monoisotopic (exact) mass is 452 g/mol. The summed E-state index contributed by atoms with van der Waals surface area (Å²) in [6.45, 7) is 0. The lowest BCUT2D eigenvalue weighted by atomic mass is 9.85. The number of nitrogens with zero attached hydrogens (tertiary/aromatic N) is 3. The Morgan fingerprint density at radius 1 is 1.19 bits per heavy atom. The van der Waals surface area contributed by atoms with Crippen LogP contribution in [0.5, 0.6) is 5.75 Å². The largest absolute Gasteiger partial charge is 0.496 e. The Kier molecular flexibility index (Phi) is 5.46. The molecule has 2 heterocycles. The van der Waals surface area contributed by atoms with Crippen LogP contribution in [-0.2, 0) is 10.5 Å². The Bertz CT molecular complexity index is 1190. The molecule has 1 aliphatic carbocycles. The summed E-state index contributed by atoms with van der Waals surface area (Å²) in [7, 11) is 1.64. The van der Waals surface area contributed by atoms with Crippen molar-refractivity contribution in [2.45, 2.75) is 36.2 Å². The number of hydrogen-bond acceptors (Lipinski definition) is 6. The van der Waals surface area contributed by atoms with Gasteiger partial charge in [0.1, 0.15) is 11.8 Å². The molecule has 1 N–H and O–H groups in total. The van der Waals surface area contributed by atoms with Gasteiger partial charge in [0.2, 0.25) is 11.1 Å². The highest BCUT2D eigenvalue weighted by Gasteiger charge is 2.38. The Labute approximate surface area is 189 Å². The van der Waals surface area contributed by atoms with Gasteiger partial charge in [-0.3, -0.25) is 4.79 Å². The molecule has 1 aromatic heterocycles. The Balaban J connectivity index is 1.54. The molecule has 8 heteroatoms. The van der Waals surface area contributed by atoms with Crippen molar-refractivity contribution < 1.29 is 9.53 Å². The minimum atomic E-state index is -0.364. The highest BCUT2D eigenvalue weighted by Crippen LogP contribution is 2.43. The van der Waals surface area contributed by atoms with Crippen LogP contribution in [0.1, 0.15) is 36.4 Å². The van der Waals surface area contributed by atoms with E-state index in [1.165, 1.54) is 11.8 Å². The topological polar surface area (TPSA) is 69.0 Å². The predicted octanol–water partition coefficient (Wildman–Crippen LogP) is 5.25. The van der Waals surface area contributed by atoms with Crippen molar-refractivity contribution >= 4 is 35.1 Å². The molecule has 0 bridgehead atoms. The van der Waals surface area contributed by atoms with Gasteiger partial charge in [0.05, 0.1) is 7.11 Å². The Morgan fingerprint density at radius 2 is 2.00 bits per heavy atom. The average molecular weight is 453 g/mol. The normalized spacial score (nSPS) is 17.7. The van der Waals surface area contributed by atoms with Crippen molar-refractivity contribution in [2.24, 2.45) is 0 Å². The number of thioether (sulfide) groups is 1. The molecular formula is C23H21ClN4O2S. The van der Waals surface area contributed by atoms with Crippen molar-refractivity contribution in [3.8, 4) is 5.75 Å². The summed E-state index contributed by atoms with van der Waals surface area (Å²) in [5, 5.41) is 9.50. The second kappa shape index (κ2) is 8.40. The van der Waals surface area contributed by atoms with Gasteiger partial charge in [0, 0.05) is 34.0 Å². The number of halogens is 1. The molecule has 0 spiro atoms. The van der Waals surface area contributed by atoms with E-state index in [9.17, 15) is 4.79 Å². The highest BCUT2D eigenvalue weighted by atomic mass is 35.5. The fraction of sp³-hybridized carbons (Fsp3) is 0.261. The zero-order valence-electron chi connectivity index (χ0n) is 17.0. The van der Waals surface area contributed by atoms with Gasteiger partial charge in [0.25, 0.3) is 0 Å². The molecule has 1 atom stereocenters. The number of carbonyl (C=O) groups excluding carboxylic acids is 1. The van der Waals surface area contributed by atoms with Crippen LogP contribution in [-0.4, -0.2) is 27.7 Å². The molecule has 5 rings (SSSR count). The number of Topliss-reactive ketones (excluding diaryl/α,β-unsaturated/α-hetero) is 1. The summed E-state index contributed by atoms with van der Waals surface area (Å²) < 4.78 is 7.43. The number of allylic oxidation sites excluding steroid dienone is 2. The van der Waals surface area contributed by atoms with Crippen molar-refractivity contribution in [1.82, 2.24) is 14.8 Å². The van der Waals surface area contributed by atoms with Crippen LogP contribution in [0.15, 0.2) is 65.0 Å². The molecule has 3 aromatic rings. The number of ketones is 1. The van der Waals surface area contributed by atoms with Crippen LogP contribution in [0.25, 0.3) is 0 Å². The first-order chi connectivity index (χ1) is 15.2. The third-order valence-electron chi connectivity index (χ3n) is 5.60. The fourth-order valence-corrected chi connectivity index (χ4v) is 5.25. The van der Waals surface area contributed by atoms with Crippen molar-refractivity contribution in [3.63, 3.8) is 0 Å². The van der Waals surface area contributed by atoms with E-state index in [1.807, 2.05) is 53.2 Å². The number of fused-ring (bicyclic) bond motifs is 1. The molecule has 1 unspecified atom stereocenters. The molecule has 158 valence electrons. The number of ether oxygens (including phenoxy) is 1. The fourth-order valence-electron chi connectivity index (χ4n) is 4.14. The number of carbonyl (C=O) groups is 1. The van der Waals surface area contributed by atoms with Crippen LogP contribution < -0.4 is 10.1 Å². The quantitative estimate of drug-likeness (QED) is 0.533. The molecule has 2 aliphatic rings. The van der Waals surface area contributed by atoms with Crippen molar-refractivity contribution in [2.75, 3.05) is 12.4 Å². The minimum absolute atomic E-state index is 0.149. The zero-order valence-corrected chi connectivity index (χ0v) is 18.5. The highest BCUT2D eigenvalue weighted by molar-refractivity contribution is 7.98. The summed E-state index contributed by atoms with van der Waals surface area (Å²) in [6, 6.07) is 15.2. The van der Waals surface area contributed by atoms with E-state index in [0.29, 0.717) is 23.3 Å². The van der Waals surface area contributed by atoms with Gasteiger partial charge < -0.3 is 10.1 Å². The third kappa shape index (κ3) is 3.72. The van der Waals surface area contributed by atoms with Gasteiger partial charge in [0.15, 0.2) is 5.78 Å². The SMILES string of the molecule is COc1ccccc1C1C2=C(CCCC2=O)Nc2nc(SCc3ccccc3Cl)nn21. The molecular weight excluding hydrogens is 432 g/mol. The Hall–Kier alpha value is -2.77. The summed E-state index contributed by atoms with van der Waals surface area (Å²) in [4.78, 5) is 17.7. The number of benzene rings is 2. The molecule has 1 aliphatic heterocycles. The molecule has 6 nitrogen and oxygen atoms in total. The Morgan fingerprint density at radius 3 is 2.84 bits per heavy atom. The van der Waals surface area contributed by atoms with Gasteiger partial charge >= 0.3 is 0 Å². The van der Waals surface area contributed by atoms with Crippen molar-refractivity contribution in [3.05, 3.63) is 76.0 Å². The maximum atomic E-state index is 13.0. The lowest BCUT2D eigenvalue weighted by Crippen LogP contribution is -2.31. The molecule has 0 saturated carbocycles. The number of anilines is 1. The van der Waals surface area contributed by atoms with Gasteiger partial charge in [-0.15, -0.1) is 5.10 Å². The third-order valence-corrected chi connectivity index (χ3v) is 6.85. The lowest BCUT2D eigenvalue weighted by Gasteiger charge is -2.32. The van der Waals surface area contributed by atoms with Gasteiger partial charge in [-0.1, -0.05) is 59.8 Å². The molecule has 0 radical (unpaired) electrons. The molecule has 0 saturated heterocycles. The molecule has 31 heavy (non-hydrogen) atoms. The number of hydrogen-bond donors (Lipinski definition) is 1. The van der Waals surface area contributed by atoms with E-state index in [0.717, 1.165) is 46.0 Å².